The van der Waals surface area contributed by atoms with Gasteiger partial charge in [0.25, 0.3) is 0 Å². The number of fused-ring (bicyclic) bond motifs is 1. The highest BCUT2D eigenvalue weighted by Crippen LogP contribution is 2.28. The van der Waals surface area contributed by atoms with Crippen LogP contribution in [0.3, 0.4) is 0 Å². The molecule has 1 heterocycles. The molecule has 2 aromatic carbocycles. The van der Waals surface area contributed by atoms with Crippen molar-refractivity contribution in [2.24, 2.45) is 0 Å². The summed E-state index contributed by atoms with van der Waals surface area (Å²) in [6.07, 6.45) is 1.64. The largest absolute Gasteiger partial charge is 0.360 e. The van der Waals surface area contributed by atoms with Crippen LogP contribution >= 0.6 is 11.6 Å². The van der Waals surface area contributed by atoms with E-state index in [0.717, 1.165) is 5.52 Å². The minimum absolute atomic E-state index is 0.165. The van der Waals surface area contributed by atoms with Crippen molar-refractivity contribution in [2.45, 2.75) is 6.92 Å². The molecule has 0 amide bonds. The molecule has 1 N–H and O–H groups in total. The van der Waals surface area contributed by atoms with Crippen molar-refractivity contribution in [3.8, 4) is 0 Å². The number of hydrogen-bond acceptors (Lipinski definition) is 1. The van der Waals surface area contributed by atoms with Crippen molar-refractivity contribution in [3.05, 3.63) is 70.1 Å². The van der Waals surface area contributed by atoms with Crippen molar-refractivity contribution in [3.63, 3.8) is 0 Å². The first-order chi connectivity index (χ1) is 9.58. The van der Waals surface area contributed by atoms with Crippen LogP contribution in [-0.4, -0.2) is 10.8 Å². The topological polar surface area (TPSA) is 32.9 Å². The Bertz CT molecular complexity index is 822. The number of ketones is 1. The van der Waals surface area contributed by atoms with Gasteiger partial charge in [-0.15, -0.1) is 0 Å². The summed E-state index contributed by atoms with van der Waals surface area (Å²) >= 11 is 6.17. The maximum Gasteiger partial charge on any atom is 0.195 e. The van der Waals surface area contributed by atoms with Gasteiger partial charge in [-0.2, -0.15) is 0 Å². The third-order valence-electron chi connectivity index (χ3n) is 3.33. The molecule has 0 saturated carbocycles. The Morgan fingerprint density at radius 2 is 2.00 bits per heavy atom. The number of aromatic amines is 1. The number of aromatic nitrogens is 1. The number of rotatable bonds is 2. The summed E-state index contributed by atoms with van der Waals surface area (Å²) in [6, 6.07) is 9.56. The number of carbonyl (C=O) groups excluding carboxylic acids is 1. The highest BCUT2D eigenvalue weighted by atomic mass is 35.5. The average Bonchev–Trinajstić information content (AvgIpc) is 2.83. The normalized spacial score (nSPS) is 10.9. The van der Waals surface area contributed by atoms with Crippen molar-refractivity contribution in [1.82, 2.24) is 4.98 Å². The summed E-state index contributed by atoms with van der Waals surface area (Å²) in [4.78, 5) is 15.6. The van der Waals surface area contributed by atoms with Crippen molar-refractivity contribution < 1.29 is 9.18 Å². The predicted molar refractivity (Wildman–Crippen MR) is 77.9 cm³/mol. The van der Waals surface area contributed by atoms with Crippen LogP contribution in [0.5, 0.6) is 0 Å². The van der Waals surface area contributed by atoms with E-state index < -0.39 is 0 Å². The van der Waals surface area contributed by atoms with Gasteiger partial charge in [0.1, 0.15) is 5.82 Å². The van der Waals surface area contributed by atoms with Gasteiger partial charge in [-0.05, 0) is 42.8 Å². The van der Waals surface area contributed by atoms with Crippen LogP contribution in [0.2, 0.25) is 5.02 Å². The van der Waals surface area contributed by atoms with E-state index in [0.29, 0.717) is 27.1 Å². The van der Waals surface area contributed by atoms with Crippen LogP contribution in [0, 0.1) is 12.7 Å². The molecule has 0 saturated heterocycles. The van der Waals surface area contributed by atoms with Crippen LogP contribution in [0.25, 0.3) is 10.9 Å². The Balaban J connectivity index is 2.18. The Morgan fingerprint density at radius 3 is 2.75 bits per heavy atom. The molecule has 0 aliphatic heterocycles. The number of carbonyl (C=O) groups is 1. The molecule has 100 valence electrons. The quantitative estimate of drug-likeness (QED) is 0.692. The molecule has 20 heavy (non-hydrogen) atoms. The standard InChI is InChI=1S/C16H11ClFNO/c1-9-7-10(18)5-6-11(9)16(20)12-8-19-14-4-2-3-13(17)15(12)14/h2-8,19H,1H3. The van der Waals surface area contributed by atoms with Gasteiger partial charge in [0.2, 0.25) is 0 Å². The minimum Gasteiger partial charge on any atom is -0.360 e. The Labute approximate surface area is 120 Å². The number of nitrogens with one attached hydrogen (secondary N) is 1. The molecular weight excluding hydrogens is 277 g/mol. The highest BCUT2D eigenvalue weighted by Gasteiger charge is 2.17. The number of aryl methyl sites for hydroxylation is 1. The van der Waals surface area contributed by atoms with Crippen molar-refractivity contribution >= 4 is 28.3 Å². The summed E-state index contributed by atoms with van der Waals surface area (Å²) in [5.74, 6) is -0.516. The first-order valence-electron chi connectivity index (χ1n) is 6.14. The zero-order valence-electron chi connectivity index (χ0n) is 10.7. The third kappa shape index (κ3) is 2.00. The monoisotopic (exact) mass is 287 g/mol. The second-order valence-electron chi connectivity index (χ2n) is 4.65. The molecule has 0 fully saturated rings. The molecule has 0 bridgehead atoms. The fourth-order valence-corrected chi connectivity index (χ4v) is 2.62. The Kier molecular flexibility index (Phi) is 3.07. The van der Waals surface area contributed by atoms with Crippen LogP contribution < -0.4 is 0 Å². The summed E-state index contributed by atoms with van der Waals surface area (Å²) < 4.78 is 13.1. The fourth-order valence-electron chi connectivity index (χ4n) is 2.35. The lowest BCUT2D eigenvalue weighted by molar-refractivity contribution is 0.103. The van der Waals surface area contributed by atoms with E-state index in [9.17, 15) is 9.18 Å². The van der Waals surface area contributed by atoms with Crippen molar-refractivity contribution in [1.29, 1.82) is 0 Å². The molecule has 2 nitrogen and oxygen atoms in total. The van der Waals surface area contributed by atoms with Gasteiger partial charge in [-0.25, -0.2) is 4.39 Å². The van der Waals surface area contributed by atoms with E-state index in [1.807, 2.05) is 12.1 Å². The summed E-state index contributed by atoms with van der Waals surface area (Å²) in [5.41, 5.74) is 2.39. The van der Waals surface area contributed by atoms with E-state index in [2.05, 4.69) is 4.98 Å². The van der Waals surface area contributed by atoms with Gasteiger partial charge in [0, 0.05) is 28.2 Å². The maximum absolute atomic E-state index is 13.1. The lowest BCUT2D eigenvalue weighted by atomic mass is 9.98. The molecule has 4 heteroatoms. The summed E-state index contributed by atoms with van der Waals surface area (Å²) in [7, 11) is 0. The van der Waals surface area contributed by atoms with E-state index >= 15 is 0 Å². The average molecular weight is 288 g/mol. The molecule has 3 aromatic rings. The predicted octanol–water partition coefficient (Wildman–Crippen LogP) is 4.50. The van der Waals surface area contributed by atoms with E-state index in [-0.39, 0.29) is 11.6 Å². The van der Waals surface area contributed by atoms with Crippen LogP contribution in [0.1, 0.15) is 21.5 Å². The van der Waals surface area contributed by atoms with Crippen LogP contribution in [-0.2, 0) is 0 Å². The van der Waals surface area contributed by atoms with Crippen LogP contribution in [0.15, 0.2) is 42.6 Å². The second-order valence-corrected chi connectivity index (χ2v) is 5.06. The first-order valence-corrected chi connectivity index (χ1v) is 6.52. The molecule has 0 aliphatic rings. The second kappa shape index (κ2) is 4.76. The molecular formula is C16H11ClFNO. The Morgan fingerprint density at radius 1 is 1.20 bits per heavy atom. The zero-order valence-corrected chi connectivity index (χ0v) is 11.5. The number of halogens is 2. The Hall–Kier alpha value is -2.13. The molecule has 1 aromatic heterocycles. The third-order valence-corrected chi connectivity index (χ3v) is 3.65. The van der Waals surface area contributed by atoms with Crippen molar-refractivity contribution in [2.75, 3.05) is 0 Å². The molecule has 0 atom stereocenters. The summed E-state index contributed by atoms with van der Waals surface area (Å²) in [6.45, 7) is 1.72. The van der Waals surface area contributed by atoms with Gasteiger partial charge < -0.3 is 4.98 Å². The summed E-state index contributed by atoms with van der Waals surface area (Å²) in [5, 5.41) is 1.22. The smallest absolute Gasteiger partial charge is 0.195 e. The molecule has 0 radical (unpaired) electrons. The first kappa shape index (κ1) is 12.9. The lowest BCUT2D eigenvalue weighted by Crippen LogP contribution is -2.03. The van der Waals surface area contributed by atoms with Gasteiger partial charge in [0.05, 0.1) is 5.02 Å². The maximum atomic E-state index is 13.1. The van der Waals surface area contributed by atoms with E-state index in [1.54, 1.807) is 19.2 Å². The van der Waals surface area contributed by atoms with Gasteiger partial charge >= 0.3 is 0 Å². The minimum atomic E-state index is -0.351. The number of benzene rings is 2. The van der Waals surface area contributed by atoms with Gasteiger partial charge in [0.15, 0.2) is 5.78 Å². The highest BCUT2D eigenvalue weighted by molar-refractivity contribution is 6.37. The molecule has 3 rings (SSSR count). The zero-order chi connectivity index (χ0) is 14.3. The fraction of sp³-hybridized carbons (Fsp3) is 0.0625. The number of hydrogen-bond donors (Lipinski definition) is 1. The van der Waals surface area contributed by atoms with Gasteiger partial charge in [-0.3, -0.25) is 4.79 Å². The van der Waals surface area contributed by atoms with Crippen LogP contribution in [0.4, 0.5) is 4.39 Å². The van der Waals surface area contributed by atoms with E-state index in [1.165, 1.54) is 18.2 Å². The SMILES string of the molecule is Cc1cc(F)ccc1C(=O)c1c[nH]c2cccc(Cl)c12. The number of H-pyrrole nitrogens is 1. The van der Waals surface area contributed by atoms with E-state index in [4.69, 9.17) is 11.6 Å². The molecule has 0 unspecified atom stereocenters. The molecule has 0 aliphatic carbocycles. The van der Waals surface area contributed by atoms with Gasteiger partial charge in [-0.1, -0.05) is 17.7 Å². The lowest BCUT2D eigenvalue weighted by Gasteiger charge is -2.05. The molecule has 0 spiro atoms.